The number of ether oxygens (including phenoxy) is 1. The van der Waals surface area contributed by atoms with E-state index in [0.717, 1.165) is 11.3 Å². The molecule has 0 aliphatic carbocycles. The van der Waals surface area contributed by atoms with Crippen LogP contribution in [0.5, 0.6) is 0 Å². The first-order chi connectivity index (χ1) is 13.2. The Balaban J connectivity index is 1.76. The van der Waals surface area contributed by atoms with E-state index in [9.17, 15) is 18.0 Å². The van der Waals surface area contributed by atoms with Crippen LogP contribution in [0.4, 0.5) is 0 Å². The zero-order valence-corrected chi connectivity index (χ0v) is 17.1. The molecule has 1 atom stereocenters. The number of rotatable bonds is 5. The molecule has 1 aliphatic rings. The number of esters is 1. The molecule has 7 nitrogen and oxygen atoms in total. The number of fused-ring (bicyclic) bond motifs is 1. The van der Waals surface area contributed by atoms with Crippen LogP contribution in [0.3, 0.4) is 0 Å². The molecule has 0 N–H and O–H groups in total. The van der Waals surface area contributed by atoms with E-state index >= 15 is 0 Å². The minimum absolute atomic E-state index is 0.0445. The van der Waals surface area contributed by atoms with Gasteiger partial charge in [0, 0.05) is 24.2 Å². The summed E-state index contributed by atoms with van der Waals surface area (Å²) >= 11 is 0. The minimum atomic E-state index is -3.09. The first kappa shape index (κ1) is 20.3. The van der Waals surface area contributed by atoms with E-state index in [1.165, 1.54) is 4.90 Å². The highest BCUT2D eigenvalue weighted by Gasteiger charge is 2.33. The standard InChI is InChI=1S/C20H24N2O5S/c1-4-16-13(2)19(15-7-5-6-8-17(15)21-16)20(24)27-11-18(23)22(3)14-9-10-28(25,26)12-14/h5-8,14H,4,9-12H2,1-3H3. The van der Waals surface area contributed by atoms with Crippen molar-refractivity contribution in [2.75, 3.05) is 25.2 Å². The SMILES string of the molecule is CCc1nc2ccccc2c(C(=O)OCC(=O)N(C)C2CCS(=O)(=O)C2)c1C. The maximum Gasteiger partial charge on any atom is 0.339 e. The summed E-state index contributed by atoms with van der Waals surface area (Å²) in [7, 11) is -1.55. The van der Waals surface area contributed by atoms with Gasteiger partial charge in [-0.2, -0.15) is 0 Å². The number of carbonyl (C=O) groups is 2. The molecule has 0 radical (unpaired) electrons. The summed E-state index contributed by atoms with van der Waals surface area (Å²) in [5, 5.41) is 0.685. The summed E-state index contributed by atoms with van der Waals surface area (Å²) in [6.45, 7) is 3.36. The van der Waals surface area contributed by atoms with Crippen LogP contribution in [0.25, 0.3) is 10.9 Å². The van der Waals surface area contributed by atoms with Crippen LogP contribution in [0.1, 0.15) is 35.0 Å². The van der Waals surface area contributed by atoms with Gasteiger partial charge in [-0.25, -0.2) is 13.2 Å². The van der Waals surface area contributed by atoms with Gasteiger partial charge in [-0.3, -0.25) is 9.78 Å². The molecular formula is C20H24N2O5S. The highest BCUT2D eigenvalue weighted by Crippen LogP contribution is 2.24. The molecule has 3 rings (SSSR count). The molecule has 8 heteroatoms. The number of carbonyl (C=O) groups excluding carboxylic acids is 2. The second kappa shape index (κ2) is 7.87. The summed E-state index contributed by atoms with van der Waals surface area (Å²) < 4.78 is 28.5. The number of amides is 1. The van der Waals surface area contributed by atoms with Crippen LogP contribution in [-0.2, 0) is 25.8 Å². The van der Waals surface area contributed by atoms with Crippen molar-refractivity contribution in [3.8, 4) is 0 Å². The number of para-hydroxylation sites is 1. The summed E-state index contributed by atoms with van der Waals surface area (Å²) in [6.07, 6.45) is 1.08. The number of benzene rings is 1. The van der Waals surface area contributed by atoms with E-state index in [0.29, 0.717) is 29.3 Å². The molecule has 1 amide bonds. The number of aryl methyl sites for hydroxylation is 1. The van der Waals surface area contributed by atoms with Gasteiger partial charge in [0.05, 0.1) is 22.6 Å². The van der Waals surface area contributed by atoms with Crippen LogP contribution >= 0.6 is 0 Å². The van der Waals surface area contributed by atoms with Crippen molar-refractivity contribution < 1.29 is 22.7 Å². The Morgan fingerprint density at radius 2 is 2.00 bits per heavy atom. The third-order valence-corrected chi connectivity index (χ3v) is 7.00. The number of sulfone groups is 1. The number of nitrogens with zero attached hydrogens (tertiary/aromatic N) is 2. The lowest BCUT2D eigenvalue weighted by molar-refractivity contribution is -0.134. The second-order valence-corrected chi connectivity index (χ2v) is 9.30. The van der Waals surface area contributed by atoms with Crippen molar-refractivity contribution in [1.29, 1.82) is 0 Å². The van der Waals surface area contributed by atoms with Gasteiger partial charge in [0.2, 0.25) is 0 Å². The summed E-state index contributed by atoms with van der Waals surface area (Å²) in [5.74, 6) is -0.956. The van der Waals surface area contributed by atoms with E-state index in [-0.39, 0.29) is 17.5 Å². The number of hydrogen-bond acceptors (Lipinski definition) is 6. The lowest BCUT2D eigenvalue weighted by atomic mass is 10.0. The van der Waals surface area contributed by atoms with Crippen molar-refractivity contribution in [3.05, 3.63) is 41.1 Å². The van der Waals surface area contributed by atoms with Gasteiger partial charge in [0.1, 0.15) is 0 Å². The quantitative estimate of drug-likeness (QED) is 0.707. The first-order valence-electron chi connectivity index (χ1n) is 9.25. The van der Waals surface area contributed by atoms with Crippen LogP contribution in [-0.4, -0.2) is 61.4 Å². The Morgan fingerprint density at radius 1 is 1.29 bits per heavy atom. The maximum atomic E-state index is 12.8. The molecule has 0 spiro atoms. The lowest BCUT2D eigenvalue weighted by Crippen LogP contribution is -2.40. The highest BCUT2D eigenvalue weighted by atomic mass is 32.2. The van der Waals surface area contributed by atoms with E-state index in [2.05, 4.69) is 4.98 Å². The Labute approximate surface area is 164 Å². The molecule has 1 saturated heterocycles. The smallest absolute Gasteiger partial charge is 0.339 e. The lowest BCUT2D eigenvalue weighted by Gasteiger charge is -2.23. The Kier molecular flexibility index (Phi) is 5.69. The van der Waals surface area contributed by atoms with Gasteiger partial charge in [0.15, 0.2) is 16.4 Å². The highest BCUT2D eigenvalue weighted by molar-refractivity contribution is 7.91. The van der Waals surface area contributed by atoms with Crippen LogP contribution in [0.2, 0.25) is 0 Å². The predicted molar refractivity (Wildman–Crippen MR) is 106 cm³/mol. The molecule has 1 aromatic heterocycles. The minimum Gasteiger partial charge on any atom is -0.452 e. The third-order valence-electron chi connectivity index (χ3n) is 5.25. The first-order valence-corrected chi connectivity index (χ1v) is 11.1. The van der Waals surface area contributed by atoms with Crippen LogP contribution in [0.15, 0.2) is 24.3 Å². The summed E-state index contributed by atoms with van der Waals surface area (Å²) in [5.41, 5.74) is 2.68. The Hall–Kier alpha value is -2.48. The third kappa shape index (κ3) is 4.01. The molecular weight excluding hydrogens is 380 g/mol. The molecule has 0 bridgehead atoms. The molecule has 2 heterocycles. The number of hydrogen-bond donors (Lipinski definition) is 0. The van der Waals surface area contributed by atoms with Gasteiger partial charge in [-0.15, -0.1) is 0 Å². The predicted octanol–water partition coefficient (Wildman–Crippen LogP) is 1.91. The fraction of sp³-hybridized carbons (Fsp3) is 0.450. The van der Waals surface area contributed by atoms with Crippen molar-refractivity contribution >= 4 is 32.6 Å². The van der Waals surface area contributed by atoms with E-state index < -0.39 is 28.3 Å². The molecule has 1 aliphatic heterocycles. The molecule has 1 fully saturated rings. The normalized spacial score (nSPS) is 18.2. The van der Waals surface area contributed by atoms with Gasteiger partial charge in [-0.05, 0) is 31.4 Å². The van der Waals surface area contributed by atoms with E-state index in [1.54, 1.807) is 7.05 Å². The largest absolute Gasteiger partial charge is 0.452 e. The number of pyridine rings is 1. The fourth-order valence-electron chi connectivity index (χ4n) is 3.55. The molecule has 1 unspecified atom stereocenters. The van der Waals surface area contributed by atoms with Gasteiger partial charge in [-0.1, -0.05) is 25.1 Å². The zero-order valence-electron chi connectivity index (χ0n) is 16.3. The fourth-order valence-corrected chi connectivity index (χ4v) is 5.33. The average Bonchev–Trinajstić information content (AvgIpc) is 3.04. The number of likely N-dealkylation sites (N-methyl/N-ethyl adjacent to an activating group) is 1. The second-order valence-electron chi connectivity index (χ2n) is 7.07. The van der Waals surface area contributed by atoms with Crippen molar-refractivity contribution in [1.82, 2.24) is 9.88 Å². The summed E-state index contributed by atoms with van der Waals surface area (Å²) in [6, 6.07) is 6.96. The van der Waals surface area contributed by atoms with Crippen LogP contribution < -0.4 is 0 Å². The Bertz CT molecular complexity index is 1030. The monoisotopic (exact) mass is 404 g/mol. The molecule has 0 saturated carbocycles. The molecule has 28 heavy (non-hydrogen) atoms. The Morgan fingerprint density at radius 3 is 2.64 bits per heavy atom. The maximum absolute atomic E-state index is 12.8. The van der Waals surface area contributed by atoms with Gasteiger partial charge in [0.25, 0.3) is 5.91 Å². The van der Waals surface area contributed by atoms with E-state index in [4.69, 9.17) is 4.74 Å². The summed E-state index contributed by atoms with van der Waals surface area (Å²) in [4.78, 5) is 31.1. The molecule has 150 valence electrons. The topological polar surface area (TPSA) is 93.6 Å². The van der Waals surface area contributed by atoms with Crippen molar-refractivity contribution in [3.63, 3.8) is 0 Å². The van der Waals surface area contributed by atoms with Gasteiger partial charge < -0.3 is 9.64 Å². The zero-order chi connectivity index (χ0) is 20.5. The van der Waals surface area contributed by atoms with Crippen LogP contribution in [0, 0.1) is 6.92 Å². The molecule has 1 aromatic carbocycles. The average molecular weight is 404 g/mol. The van der Waals surface area contributed by atoms with Gasteiger partial charge >= 0.3 is 5.97 Å². The number of aromatic nitrogens is 1. The van der Waals surface area contributed by atoms with Crippen molar-refractivity contribution in [2.45, 2.75) is 32.7 Å². The molecule has 2 aromatic rings. The van der Waals surface area contributed by atoms with E-state index in [1.807, 2.05) is 38.1 Å². The van der Waals surface area contributed by atoms with Crippen molar-refractivity contribution in [2.24, 2.45) is 0 Å².